The van der Waals surface area contributed by atoms with Crippen molar-refractivity contribution in [2.24, 2.45) is 0 Å². The van der Waals surface area contributed by atoms with E-state index in [2.05, 4.69) is 14.1 Å². The monoisotopic (exact) mass is 403 g/mol. The zero-order valence-corrected chi connectivity index (χ0v) is 16.9. The van der Waals surface area contributed by atoms with Gasteiger partial charge in [0.25, 0.3) is 0 Å². The summed E-state index contributed by atoms with van der Waals surface area (Å²) in [6, 6.07) is 13.3. The highest BCUT2D eigenvalue weighted by Crippen LogP contribution is 2.22. The van der Waals surface area contributed by atoms with E-state index in [1.54, 1.807) is 6.07 Å². The zero-order chi connectivity index (χ0) is 17.7. The minimum Gasteiger partial charge on any atom is -1.00 e. The van der Waals surface area contributed by atoms with Gasteiger partial charge in [-0.05, 0) is 36.8 Å². The van der Waals surface area contributed by atoms with Crippen LogP contribution in [0.2, 0.25) is 10.0 Å². The van der Waals surface area contributed by atoms with Crippen LogP contribution in [0.15, 0.2) is 42.5 Å². The van der Waals surface area contributed by atoms with Gasteiger partial charge in [-0.25, -0.2) is 0 Å². The Balaban J connectivity index is 0.00000312. The Morgan fingerprint density at radius 3 is 2.44 bits per heavy atom. The number of likely N-dealkylation sites (N-methyl/N-ethyl adjacent to an activating group) is 1. The van der Waals surface area contributed by atoms with E-state index in [1.165, 1.54) is 0 Å². The number of ether oxygens (including phenoxy) is 1. The molecule has 0 bridgehead atoms. The molecule has 2 aromatic rings. The predicted octanol–water partition coefficient (Wildman–Crippen LogP) is 1.32. The van der Waals surface area contributed by atoms with E-state index in [1.807, 2.05) is 43.3 Å². The Morgan fingerprint density at radius 2 is 1.80 bits per heavy atom. The molecular weight excluding hydrogens is 381 g/mol. The number of aryl methyl sites for hydroxylation is 1. The molecule has 0 saturated carbocycles. The SMILES string of the molecule is Cc1cc(Cl)ccc1OCC(O)C[N+](C)(C)Cc1ccccc1Cl.[Cl-]. The molecular formula is C19H24Cl3NO2. The van der Waals surface area contributed by atoms with Crippen molar-refractivity contribution in [1.82, 2.24) is 0 Å². The third-order valence-corrected chi connectivity index (χ3v) is 4.43. The lowest BCUT2D eigenvalue weighted by atomic mass is 10.2. The fourth-order valence-electron chi connectivity index (χ4n) is 2.74. The molecule has 3 nitrogen and oxygen atoms in total. The quantitative estimate of drug-likeness (QED) is 0.705. The van der Waals surface area contributed by atoms with E-state index >= 15 is 0 Å². The Morgan fingerprint density at radius 1 is 1.12 bits per heavy atom. The van der Waals surface area contributed by atoms with Crippen molar-refractivity contribution in [3.05, 3.63) is 63.6 Å². The summed E-state index contributed by atoms with van der Waals surface area (Å²) in [5.74, 6) is 0.745. The lowest BCUT2D eigenvalue weighted by molar-refractivity contribution is -0.906. The number of aliphatic hydroxyl groups is 1. The number of nitrogens with zero attached hydrogens (tertiary/aromatic N) is 1. The highest BCUT2D eigenvalue weighted by atomic mass is 35.5. The first-order valence-electron chi connectivity index (χ1n) is 7.89. The molecule has 0 fully saturated rings. The Hall–Kier alpha value is -0.970. The first-order chi connectivity index (χ1) is 11.3. The number of benzene rings is 2. The molecule has 138 valence electrons. The van der Waals surface area contributed by atoms with Gasteiger partial charge in [0.2, 0.25) is 0 Å². The topological polar surface area (TPSA) is 29.5 Å². The molecule has 0 aliphatic carbocycles. The Bertz CT molecular complexity index is 692. The van der Waals surface area contributed by atoms with Crippen LogP contribution in [0, 0.1) is 6.92 Å². The number of hydrogen-bond donors (Lipinski definition) is 1. The van der Waals surface area contributed by atoms with Gasteiger partial charge in [0, 0.05) is 15.6 Å². The maximum atomic E-state index is 10.3. The van der Waals surface area contributed by atoms with Crippen molar-refractivity contribution >= 4 is 23.2 Å². The minimum atomic E-state index is -0.572. The smallest absolute Gasteiger partial charge is 0.137 e. The first kappa shape index (κ1) is 22.1. The van der Waals surface area contributed by atoms with Gasteiger partial charge in [-0.1, -0.05) is 41.4 Å². The zero-order valence-electron chi connectivity index (χ0n) is 14.7. The van der Waals surface area contributed by atoms with Crippen LogP contribution in [-0.4, -0.2) is 42.9 Å². The fourth-order valence-corrected chi connectivity index (χ4v) is 3.16. The molecule has 6 heteroatoms. The second-order valence-electron chi connectivity index (χ2n) is 6.74. The summed E-state index contributed by atoms with van der Waals surface area (Å²) in [6.07, 6.45) is -0.572. The van der Waals surface area contributed by atoms with Crippen LogP contribution in [0.3, 0.4) is 0 Å². The summed E-state index contributed by atoms with van der Waals surface area (Å²) < 4.78 is 6.35. The first-order valence-corrected chi connectivity index (χ1v) is 8.65. The third-order valence-electron chi connectivity index (χ3n) is 3.83. The van der Waals surface area contributed by atoms with Crippen molar-refractivity contribution in [1.29, 1.82) is 0 Å². The molecule has 25 heavy (non-hydrogen) atoms. The van der Waals surface area contributed by atoms with Crippen molar-refractivity contribution in [2.75, 3.05) is 27.2 Å². The van der Waals surface area contributed by atoms with E-state index in [-0.39, 0.29) is 19.0 Å². The van der Waals surface area contributed by atoms with Gasteiger partial charge >= 0.3 is 0 Å². The molecule has 0 radical (unpaired) electrons. The molecule has 0 saturated heterocycles. The second-order valence-corrected chi connectivity index (χ2v) is 7.59. The highest BCUT2D eigenvalue weighted by Gasteiger charge is 2.22. The van der Waals surface area contributed by atoms with Crippen LogP contribution in [0.1, 0.15) is 11.1 Å². The van der Waals surface area contributed by atoms with Gasteiger partial charge in [-0.15, -0.1) is 0 Å². The molecule has 0 aliphatic heterocycles. The normalized spacial score (nSPS) is 12.4. The van der Waals surface area contributed by atoms with Crippen LogP contribution in [0.25, 0.3) is 0 Å². The second kappa shape index (κ2) is 9.65. The Kier molecular flexibility index (Phi) is 8.52. The lowest BCUT2D eigenvalue weighted by Gasteiger charge is -2.32. The van der Waals surface area contributed by atoms with Crippen molar-refractivity contribution in [3.63, 3.8) is 0 Å². The molecule has 1 atom stereocenters. The van der Waals surface area contributed by atoms with Gasteiger partial charge < -0.3 is 26.7 Å². The largest absolute Gasteiger partial charge is 1.00 e. The van der Waals surface area contributed by atoms with E-state index in [0.29, 0.717) is 16.1 Å². The summed E-state index contributed by atoms with van der Waals surface area (Å²) in [6.45, 7) is 3.49. The van der Waals surface area contributed by atoms with Gasteiger partial charge in [0.15, 0.2) is 0 Å². The summed E-state index contributed by atoms with van der Waals surface area (Å²) in [5, 5.41) is 11.8. The van der Waals surface area contributed by atoms with E-state index in [0.717, 1.165) is 28.4 Å². The van der Waals surface area contributed by atoms with Crippen molar-refractivity contribution in [2.45, 2.75) is 19.6 Å². The molecule has 0 heterocycles. The standard InChI is InChI=1S/C19H24Cl2NO2.ClH/c1-14-10-16(20)8-9-19(14)24-13-17(23)12-22(2,3)11-15-6-4-5-7-18(15)21;/h4-10,17,23H,11-13H2,1-3H3;1H/q+1;/p-1. The predicted molar refractivity (Wildman–Crippen MR) is 99.8 cm³/mol. The van der Waals surface area contributed by atoms with Crippen molar-refractivity contribution in [3.8, 4) is 5.75 Å². The fraction of sp³-hybridized carbons (Fsp3) is 0.368. The average molecular weight is 405 g/mol. The van der Waals surface area contributed by atoms with Crippen LogP contribution >= 0.6 is 23.2 Å². The lowest BCUT2D eigenvalue weighted by Crippen LogP contribution is -3.00. The molecule has 1 unspecified atom stereocenters. The molecule has 0 aromatic heterocycles. The summed E-state index contributed by atoms with van der Waals surface area (Å²) in [4.78, 5) is 0. The molecule has 0 spiro atoms. The number of aliphatic hydroxyl groups excluding tert-OH is 1. The van der Waals surface area contributed by atoms with Crippen LogP contribution in [0.5, 0.6) is 5.75 Å². The number of hydrogen-bond acceptors (Lipinski definition) is 2. The van der Waals surface area contributed by atoms with E-state index in [9.17, 15) is 5.11 Å². The number of halogens is 3. The summed E-state index contributed by atoms with van der Waals surface area (Å²) >= 11 is 12.2. The number of quaternary nitrogens is 1. The maximum Gasteiger partial charge on any atom is 0.137 e. The molecule has 0 aliphatic rings. The van der Waals surface area contributed by atoms with Gasteiger partial charge in [0.1, 0.15) is 31.5 Å². The average Bonchev–Trinajstić information content (AvgIpc) is 2.48. The third kappa shape index (κ3) is 7.04. The minimum absolute atomic E-state index is 0. The van der Waals surface area contributed by atoms with Crippen LogP contribution in [-0.2, 0) is 6.54 Å². The van der Waals surface area contributed by atoms with E-state index < -0.39 is 6.10 Å². The highest BCUT2D eigenvalue weighted by molar-refractivity contribution is 6.31. The van der Waals surface area contributed by atoms with Crippen LogP contribution < -0.4 is 17.1 Å². The summed E-state index contributed by atoms with van der Waals surface area (Å²) in [5.41, 5.74) is 2.03. The molecule has 0 amide bonds. The van der Waals surface area contributed by atoms with Gasteiger partial charge in [0.05, 0.1) is 14.1 Å². The van der Waals surface area contributed by atoms with Crippen molar-refractivity contribution < 1.29 is 26.7 Å². The summed E-state index contributed by atoms with van der Waals surface area (Å²) in [7, 11) is 4.14. The van der Waals surface area contributed by atoms with Gasteiger partial charge in [-0.2, -0.15) is 0 Å². The molecule has 1 N–H and O–H groups in total. The van der Waals surface area contributed by atoms with E-state index in [4.69, 9.17) is 27.9 Å². The van der Waals surface area contributed by atoms with Crippen LogP contribution in [0.4, 0.5) is 0 Å². The molecule has 2 rings (SSSR count). The maximum absolute atomic E-state index is 10.3. The van der Waals surface area contributed by atoms with Gasteiger partial charge in [-0.3, -0.25) is 0 Å². The Labute approximate surface area is 166 Å². The molecule has 2 aromatic carbocycles. The number of rotatable bonds is 7.